The van der Waals surface area contributed by atoms with Gasteiger partial charge >= 0.3 is 0 Å². The van der Waals surface area contributed by atoms with Crippen LogP contribution in [0.15, 0.2) is 0 Å². The summed E-state index contributed by atoms with van der Waals surface area (Å²) >= 11 is 0. The van der Waals surface area contributed by atoms with Gasteiger partial charge in [-0.2, -0.15) is 0 Å². The zero-order chi connectivity index (χ0) is 14.3. The van der Waals surface area contributed by atoms with Crippen molar-refractivity contribution in [2.45, 2.75) is 78.2 Å². The zero-order valence-electron chi connectivity index (χ0n) is 13.3. The molecule has 0 aromatic carbocycles. The van der Waals surface area contributed by atoms with Crippen LogP contribution >= 0.6 is 0 Å². The molecule has 2 fully saturated rings. The van der Waals surface area contributed by atoms with Crippen LogP contribution in [0.5, 0.6) is 0 Å². The third-order valence-corrected chi connectivity index (χ3v) is 6.08. The summed E-state index contributed by atoms with van der Waals surface area (Å²) < 4.78 is 0. The summed E-state index contributed by atoms with van der Waals surface area (Å²) in [5.41, 5.74) is 5.91. The van der Waals surface area contributed by atoms with Crippen LogP contribution in [0.2, 0.25) is 0 Å². The van der Waals surface area contributed by atoms with E-state index in [4.69, 9.17) is 5.73 Å². The van der Waals surface area contributed by atoms with Crippen LogP contribution in [0.4, 0.5) is 0 Å². The van der Waals surface area contributed by atoms with Crippen LogP contribution in [-0.2, 0) is 0 Å². The van der Waals surface area contributed by atoms with Gasteiger partial charge in [-0.15, -0.1) is 0 Å². The molecule has 0 saturated heterocycles. The summed E-state index contributed by atoms with van der Waals surface area (Å²) in [4.78, 5) is 0. The minimum atomic E-state index is -0.564. The van der Waals surface area contributed by atoms with Gasteiger partial charge in [-0.1, -0.05) is 33.6 Å². The Labute approximate surface area is 119 Å². The average Bonchev–Trinajstić information content (AvgIpc) is 3.11. The van der Waals surface area contributed by atoms with Crippen molar-refractivity contribution in [3.63, 3.8) is 0 Å². The van der Waals surface area contributed by atoms with Crippen molar-refractivity contribution in [1.82, 2.24) is 0 Å². The first-order valence-electron chi connectivity index (χ1n) is 8.13. The second-order valence-electron chi connectivity index (χ2n) is 8.55. The third-order valence-electron chi connectivity index (χ3n) is 6.08. The quantitative estimate of drug-likeness (QED) is 0.815. The largest absolute Gasteiger partial charge is 0.390 e. The third kappa shape index (κ3) is 3.16. The van der Waals surface area contributed by atoms with Crippen LogP contribution < -0.4 is 5.73 Å². The van der Waals surface area contributed by atoms with Crippen LogP contribution in [0.3, 0.4) is 0 Å². The SMILES string of the molecule is CC(C)(C)C1CCC(CN)(C(C)(O)CC2CC2)CC1. The molecule has 1 atom stereocenters. The van der Waals surface area contributed by atoms with Crippen molar-refractivity contribution in [1.29, 1.82) is 0 Å². The van der Waals surface area contributed by atoms with Crippen LogP contribution in [0, 0.1) is 22.7 Å². The van der Waals surface area contributed by atoms with E-state index in [2.05, 4.69) is 27.7 Å². The van der Waals surface area contributed by atoms with Gasteiger partial charge < -0.3 is 10.8 Å². The molecule has 19 heavy (non-hydrogen) atoms. The molecular formula is C17H33NO. The molecule has 0 aliphatic heterocycles. The Morgan fingerprint density at radius 3 is 1.95 bits per heavy atom. The maximum atomic E-state index is 11.0. The molecule has 0 amide bonds. The maximum absolute atomic E-state index is 11.0. The average molecular weight is 267 g/mol. The van der Waals surface area contributed by atoms with E-state index in [0.717, 1.165) is 31.1 Å². The van der Waals surface area contributed by atoms with E-state index in [1.807, 2.05) is 0 Å². The summed E-state index contributed by atoms with van der Waals surface area (Å²) in [6.45, 7) is 9.72. The molecule has 2 nitrogen and oxygen atoms in total. The van der Waals surface area contributed by atoms with Gasteiger partial charge in [0, 0.05) is 12.0 Å². The minimum Gasteiger partial charge on any atom is -0.390 e. The van der Waals surface area contributed by atoms with E-state index in [-0.39, 0.29) is 5.41 Å². The number of hydrogen-bond donors (Lipinski definition) is 2. The summed E-state index contributed by atoms with van der Waals surface area (Å²) in [7, 11) is 0. The van der Waals surface area contributed by atoms with E-state index in [1.54, 1.807) is 0 Å². The van der Waals surface area contributed by atoms with E-state index in [1.165, 1.54) is 25.7 Å². The molecule has 2 aliphatic rings. The Bertz CT molecular complexity index is 304. The number of hydrogen-bond acceptors (Lipinski definition) is 2. The Morgan fingerprint density at radius 2 is 1.58 bits per heavy atom. The van der Waals surface area contributed by atoms with Crippen molar-refractivity contribution in [3.05, 3.63) is 0 Å². The molecule has 0 spiro atoms. The fourth-order valence-corrected chi connectivity index (χ4v) is 4.10. The maximum Gasteiger partial charge on any atom is 0.0690 e. The van der Waals surface area contributed by atoms with Gasteiger partial charge in [-0.05, 0) is 56.3 Å². The van der Waals surface area contributed by atoms with Crippen molar-refractivity contribution in [3.8, 4) is 0 Å². The number of aliphatic hydroxyl groups is 1. The van der Waals surface area contributed by atoms with E-state index in [0.29, 0.717) is 12.0 Å². The lowest BCUT2D eigenvalue weighted by Crippen LogP contribution is -2.53. The first-order chi connectivity index (χ1) is 8.70. The molecule has 112 valence electrons. The predicted octanol–water partition coefficient (Wildman–Crippen LogP) is 3.72. The summed E-state index contributed by atoms with van der Waals surface area (Å²) in [6, 6.07) is 0. The first kappa shape index (κ1) is 15.3. The van der Waals surface area contributed by atoms with Gasteiger partial charge in [-0.25, -0.2) is 0 Å². The lowest BCUT2D eigenvalue weighted by atomic mass is 9.57. The van der Waals surface area contributed by atoms with Crippen molar-refractivity contribution in [2.75, 3.05) is 6.54 Å². The van der Waals surface area contributed by atoms with Gasteiger partial charge in [0.25, 0.3) is 0 Å². The van der Waals surface area contributed by atoms with Crippen LogP contribution in [0.1, 0.15) is 72.6 Å². The fraction of sp³-hybridized carbons (Fsp3) is 1.00. The standard InChI is InChI=1S/C17H33NO/c1-15(2,3)14-7-9-17(12-18,10-8-14)16(4,19)11-13-5-6-13/h13-14,19H,5-12,18H2,1-4H3. The molecule has 0 aromatic rings. The van der Waals surface area contributed by atoms with Gasteiger partial charge in [0.15, 0.2) is 0 Å². The highest BCUT2D eigenvalue weighted by atomic mass is 16.3. The normalized spacial score (nSPS) is 36.0. The molecule has 2 aliphatic carbocycles. The molecule has 3 N–H and O–H groups in total. The molecule has 0 aromatic heterocycles. The highest BCUT2D eigenvalue weighted by molar-refractivity contribution is 5.02. The van der Waals surface area contributed by atoms with Gasteiger partial charge in [0.2, 0.25) is 0 Å². The second kappa shape index (κ2) is 5.04. The topological polar surface area (TPSA) is 46.2 Å². The molecular weight excluding hydrogens is 234 g/mol. The van der Waals surface area contributed by atoms with Gasteiger partial charge in [-0.3, -0.25) is 0 Å². The Balaban J connectivity index is 2.04. The fourth-order valence-electron chi connectivity index (χ4n) is 4.10. The minimum absolute atomic E-state index is 0.0304. The number of nitrogens with two attached hydrogens (primary N) is 1. The lowest BCUT2D eigenvalue weighted by molar-refractivity contribution is -0.106. The van der Waals surface area contributed by atoms with E-state index >= 15 is 0 Å². The molecule has 0 heterocycles. The van der Waals surface area contributed by atoms with Crippen LogP contribution in [-0.4, -0.2) is 17.3 Å². The Morgan fingerprint density at radius 1 is 1.05 bits per heavy atom. The molecule has 2 rings (SSSR count). The summed E-state index contributed by atoms with van der Waals surface area (Å²) in [5, 5.41) is 11.0. The highest BCUT2D eigenvalue weighted by Gasteiger charge is 2.50. The van der Waals surface area contributed by atoms with Gasteiger partial charge in [0.05, 0.1) is 5.60 Å². The highest BCUT2D eigenvalue weighted by Crippen LogP contribution is 2.53. The number of rotatable bonds is 4. The lowest BCUT2D eigenvalue weighted by Gasteiger charge is -2.51. The molecule has 1 unspecified atom stereocenters. The molecule has 2 saturated carbocycles. The van der Waals surface area contributed by atoms with Crippen molar-refractivity contribution in [2.24, 2.45) is 28.4 Å². The Kier molecular flexibility index (Phi) is 4.06. The summed E-state index contributed by atoms with van der Waals surface area (Å²) in [6.07, 6.45) is 8.23. The van der Waals surface area contributed by atoms with Crippen molar-refractivity contribution >= 4 is 0 Å². The monoisotopic (exact) mass is 267 g/mol. The van der Waals surface area contributed by atoms with E-state index in [9.17, 15) is 5.11 Å². The van der Waals surface area contributed by atoms with Crippen LogP contribution in [0.25, 0.3) is 0 Å². The predicted molar refractivity (Wildman–Crippen MR) is 80.9 cm³/mol. The Hall–Kier alpha value is -0.0800. The molecule has 0 radical (unpaired) electrons. The molecule has 0 bridgehead atoms. The van der Waals surface area contributed by atoms with Gasteiger partial charge in [0.1, 0.15) is 0 Å². The first-order valence-corrected chi connectivity index (χ1v) is 8.13. The second-order valence-corrected chi connectivity index (χ2v) is 8.55. The van der Waals surface area contributed by atoms with Crippen molar-refractivity contribution < 1.29 is 5.11 Å². The zero-order valence-corrected chi connectivity index (χ0v) is 13.3. The smallest absolute Gasteiger partial charge is 0.0690 e. The summed E-state index contributed by atoms with van der Waals surface area (Å²) in [5.74, 6) is 1.54. The van der Waals surface area contributed by atoms with E-state index < -0.39 is 5.60 Å². The molecule has 2 heteroatoms.